The van der Waals surface area contributed by atoms with Gasteiger partial charge in [0.15, 0.2) is 0 Å². The van der Waals surface area contributed by atoms with Crippen molar-refractivity contribution in [3.63, 3.8) is 0 Å². The highest BCUT2D eigenvalue weighted by Crippen LogP contribution is 2.36. The predicted octanol–water partition coefficient (Wildman–Crippen LogP) is 2.68. The van der Waals surface area contributed by atoms with Crippen LogP contribution in [0.2, 0.25) is 0 Å². The van der Waals surface area contributed by atoms with Crippen molar-refractivity contribution >= 4 is 23.1 Å². The van der Waals surface area contributed by atoms with E-state index in [1.807, 2.05) is 35.2 Å². The number of benzene rings is 2. The Morgan fingerprint density at radius 2 is 1.76 bits per heavy atom. The number of ether oxygens (including phenoxy) is 1. The van der Waals surface area contributed by atoms with E-state index in [0.717, 1.165) is 18.4 Å². The van der Waals surface area contributed by atoms with E-state index in [1.165, 1.54) is 4.90 Å². The molecular formula is C23H24N2O4. The molecule has 29 heavy (non-hydrogen) atoms. The van der Waals surface area contributed by atoms with Gasteiger partial charge in [0, 0.05) is 19.7 Å². The van der Waals surface area contributed by atoms with E-state index in [-0.39, 0.29) is 24.3 Å². The van der Waals surface area contributed by atoms with Gasteiger partial charge in [0.25, 0.3) is 11.8 Å². The Morgan fingerprint density at radius 3 is 2.41 bits per heavy atom. The lowest BCUT2D eigenvalue weighted by Gasteiger charge is -2.34. The number of carbonyl (C=O) groups is 2. The van der Waals surface area contributed by atoms with Gasteiger partial charge < -0.3 is 14.7 Å². The third kappa shape index (κ3) is 3.51. The molecule has 1 N–H and O–H groups in total. The first-order valence-electron chi connectivity index (χ1n) is 9.82. The fourth-order valence-corrected chi connectivity index (χ4v) is 4.06. The number of aliphatic hydroxyl groups excluding tert-OH is 1. The number of amides is 2. The van der Waals surface area contributed by atoms with Crippen LogP contribution in [0.15, 0.2) is 60.3 Å². The molecule has 0 aliphatic carbocycles. The van der Waals surface area contributed by atoms with Gasteiger partial charge in [0.05, 0.1) is 18.4 Å². The van der Waals surface area contributed by atoms with Gasteiger partial charge in [0.1, 0.15) is 11.4 Å². The number of rotatable bonds is 5. The number of anilines is 1. The quantitative estimate of drug-likeness (QED) is 0.793. The van der Waals surface area contributed by atoms with Gasteiger partial charge in [0.2, 0.25) is 0 Å². The maximum absolute atomic E-state index is 13.5. The minimum atomic E-state index is -0.326. The molecular weight excluding hydrogens is 368 g/mol. The first kappa shape index (κ1) is 19.2. The molecule has 6 nitrogen and oxygen atoms in total. The zero-order valence-electron chi connectivity index (χ0n) is 16.4. The molecule has 6 heteroatoms. The predicted molar refractivity (Wildman–Crippen MR) is 110 cm³/mol. The molecule has 2 amide bonds. The fourth-order valence-electron chi connectivity index (χ4n) is 4.06. The fraction of sp³-hybridized carbons (Fsp3) is 0.304. The molecule has 0 spiro atoms. The molecule has 2 aliphatic rings. The van der Waals surface area contributed by atoms with Crippen LogP contribution >= 0.6 is 0 Å². The van der Waals surface area contributed by atoms with Gasteiger partial charge >= 0.3 is 0 Å². The summed E-state index contributed by atoms with van der Waals surface area (Å²) >= 11 is 0. The molecule has 2 aromatic carbocycles. The van der Waals surface area contributed by atoms with Crippen LogP contribution in [-0.4, -0.2) is 48.6 Å². The van der Waals surface area contributed by atoms with Crippen molar-refractivity contribution in [2.45, 2.75) is 12.8 Å². The third-order valence-electron chi connectivity index (χ3n) is 5.55. The highest BCUT2D eigenvalue weighted by Gasteiger charge is 2.43. The molecule has 0 saturated carbocycles. The normalized spacial score (nSPS) is 19.9. The summed E-state index contributed by atoms with van der Waals surface area (Å²) in [6, 6.07) is 16.2. The van der Waals surface area contributed by atoms with Crippen molar-refractivity contribution < 1.29 is 19.4 Å². The van der Waals surface area contributed by atoms with Crippen LogP contribution in [-0.2, 0) is 9.59 Å². The molecule has 2 heterocycles. The molecule has 1 fully saturated rings. The number of nitrogens with zero attached hydrogens (tertiary/aromatic N) is 2. The highest BCUT2D eigenvalue weighted by atomic mass is 16.5. The Morgan fingerprint density at radius 1 is 1.03 bits per heavy atom. The average molecular weight is 392 g/mol. The Balaban J connectivity index is 1.77. The summed E-state index contributed by atoms with van der Waals surface area (Å²) < 4.78 is 5.19. The zero-order chi connectivity index (χ0) is 20.4. The number of methoxy groups -OCH3 is 1. The number of hydrogen-bond acceptors (Lipinski definition) is 5. The lowest BCUT2D eigenvalue weighted by Crippen LogP contribution is -2.40. The smallest absolute Gasteiger partial charge is 0.282 e. The lowest BCUT2D eigenvalue weighted by molar-refractivity contribution is -0.120. The minimum absolute atomic E-state index is 0.0782. The molecule has 150 valence electrons. The van der Waals surface area contributed by atoms with Gasteiger partial charge in [-0.3, -0.25) is 9.59 Å². The number of piperidine rings is 1. The summed E-state index contributed by atoms with van der Waals surface area (Å²) in [6.07, 6.45) is 1.80. The van der Waals surface area contributed by atoms with Crippen molar-refractivity contribution in [1.29, 1.82) is 0 Å². The number of carbonyl (C=O) groups excluding carboxylic acids is 2. The van der Waals surface area contributed by atoms with E-state index in [2.05, 4.69) is 0 Å². The standard InChI is InChI=1S/C23H24N2O4/c1-29-19-11-9-18(10-12-19)25-22(27)20(17-7-3-2-4-8-17)21(23(25)28)24-13-5-6-16(14-24)15-26/h2-4,7-12,16,26H,5-6,13-15H2,1H3. The first-order chi connectivity index (χ1) is 14.1. The van der Waals surface area contributed by atoms with Gasteiger partial charge in [-0.25, -0.2) is 4.90 Å². The average Bonchev–Trinajstić information content (AvgIpc) is 3.04. The molecule has 0 aromatic heterocycles. The minimum Gasteiger partial charge on any atom is -0.497 e. The van der Waals surface area contributed by atoms with E-state index in [1.54, 1.807) is 31.4 Å². The lowest BCUT2D eigenvalue weighted by atomic mass is 9.97. The van der Waals surface area contributed by atoms with Crippen LogP contribution in [0.3, 0.4) is 0 Å². The number of imide groups is 1. The summed E-state index contributed by atoms with van der Waals surface area (Å²) in [5.74, 6) is 0.113. The van der Waals surface area contributed by atoms with Crippen LogP contribution in [0.5, 0.6) is 5.75 Å². The molecule has 1 saturated heterocycles. The molecule has 0 bridgehead atoms. The Kier molecular flexibility index (Phi) is 5.36. The Bertz CT molecular complexity index is 937. The molecule has 2 aromatic rings. The van der Waals surface area contributed by atoms with Gasteiger partial charge in [-0.1, -0.05) is 30.3 Å². The zero-order valence-corrected chi connectivity index (χ0v) is 16.4. The second-order valence-electron chi connectivity index (χ2n) is 7.37. The van der Waals surface area contributed by atoms with E-state index in [9.17, 15) is 14.7 Å². The summed E-state index contributed by atoms with van der Waals surface area (Å²) in [7, 11) is 1.57. The van der Waals surface area contributed by atoms with Crippen molar-refractivity contribution in [3.8, 4) is 5.75 Å². The topological polar surface area (TPSA) is 70.1 Å². The van der Waals surface area contributed by atoms with Crippen LogP contribution < -0.4 is 9.64 Å². The van der Waals surface area contributed by atoms with Crippen molar-refractivity contribution in [3.05, 3.63) is 65.9 Å². The van der Waals surface area contributed by atoms with Crippen LogP contribution in [0.1, 0.15) is 18.4 Å². The van der Waals surface area contributed by atoms with Crippen LogP contribution in [0.4, 0.5) is 5.69 Å². The maximum atomic E-state index is 13.5. The van der Waals surface area contributed by atoms with E-state index in [0.29, 0.717) is 35.8 Å². The van der Waals surface area contributed by atoms with E-state index >= 15 is 0 Å². The van der Waals surface area contributed by atoms with E-state index in [4.69, 9.17) is 4.74 Å². The molecule has 1 atom stereocenters. The number of aliphatic hydroxyl groups is 1. The van der Waals surface area contributed by atoms with Crippen molar-refractivity contribution in [1.82, 2.24) is 4.90 Å². The number of likely N-dealkylation sites (tertiary alicyclic amines) is 1. The Labute approximate surface area is 170 Å². The SMILES string of the molecule is COc1ccc(N2C(=O)C(c3ccccc3)=C(N3CCCC(CO)C3)C2=O)cc1. The second kappa shape index (κ2) is 8.09. The van der Waals surface area contributed by atoms with Crippen molar-refractivity contribution in [2.24, 2.45) is 5.92 Å². The first-order valence-corrected chi connectivity index (χ1v) is 9.82. The largest absolute Gasteiger partial charge is 0.497 e. The maximum Gasteiger partial charge on any atom is 0.282 e. The van der Waals surface area contributed by atoms with Gasteiger partial charge in [-0.05, 0) is 48.6 Å². The van der Waals surface area contributed by atoms with Gasteiger partial charge in [-0.15, -0.1) is 0 Å². The third-order valence-corrected chi connectivity index (χ3v) is 5.55. The highest BCUT2D eigenvalue weighted by molar-refractivity contribution is 6.45. The summed E-state index contributed by atoms with van der Waals surface area (Å²) in [5, 5.41) is 9.61. The molecule has 1 unspecified atom stereocenters. The van der Waals surface area contributed by atoms with Crippen LogP contribution in [0, 0.1) is 5.92 Å². The van der Waals surface area contributed by atoms with Crippen molar-refractivity contribution in [2.75, 3.05) is 31.7 Å². The van der Waals surface area contributed by atoms with Crippen LogP contribution in [0.25, 0.3) is 5.57 Å². The molecule has 0 radical (unpaired) electrons. The molecule has 4 rings (SSSR count). The van der Waals surface area contributed by atoms with E-state index < -0.39 is 0 Å². The summed E-state index contributed by atoms with van der Waals surface area (Å²) in [6.45, 7) is 1.34. The summed E-state index contributed by atoms with van der Waals surface area (Å²) in [4.78, 5) is 30.1. The molecule has 2 aliphatic heterocycles. The van der Waals surface area contributed by atoms with Gasteiger partial charge in [-0.2, -0.15) is 0 Å². The summed E-state index contributed by atoms with van der Waals surface area (Å²) in [5.41, 5.74) is 2.09. The number of hydrogen-bond donors (Lipinski definition) is 1. The second-order valence-corrected chi connectivity index (χ2v) is 7.37. The monoisotopic (exact) mass is 392 g/mol. The Hall–Kier alpha value is -3.12.